The predicted octanol–water partition coefficient (Wildman–Crippen LogP) is 4.95. The number of unbranched alkanes of at least 4 members (excludes halogenated alkanes) is 1. The minimum Gasteiger partial charge on any atom is -0.376 e. The van der Waals surface area contributed by atoms with Gasteiger partial charge in [0.1, 0.15) is 0 Å². The van der Waals surface area contributed by atoms with Crippen molar-refractivity contribution in [2.45, 2.75) is 44.9 Å². The summed E-state index contributed by atoms with van der Waals surface area (Å²) < 4.78 is 39.3. The number of aliphatic hydroxyl groups is 1. The molecule has 0 amide bonds. The Morgan fingerprint density at radius 1 is 1.00 bits per heavy atom. The summed E-state index contributed by atoms with van der Waals surface area (Å²) in [7, 11) is 0. The first-order valence-corrected chi connectivity index (χ1v) is 7.09. The molecule has 0 bridgehead atoms. The molecule has 0 saturated heterocycles. The summed E-state index contributed by atoms with van der Waals surface area (Å²) in [6, 6.07) is 10.1. The number of hydrogen-bond acceptors (Lipinski definition) is 1. The summed E-state index contributed by atoms with van der Waals surface area (Å²) in [5.74, 6) is 0. The number of halogens is 3. The molecule has 0 aliphatic rings. The van der Waals surface area contributed by atoms with Crippen LogP contribution in [0.3, 0.4) is 0 Å². The topological polar surface area (TPSA) is 20.2 Å². The molecule has 4 heteroatoms. The maximum absolute atomic E-state index is 13.1. The van der Waals surface area contributed by atoms with Crippen molar-refractivity contribution in [1.82, 2.24) is 0 Å². The maximum atomic E-state index is 13.1. The summed E-state index contributed by atoms with van der Waals surface area (Å²) in [6.45, 7) is 2.88. The molecule has 0 saturated carbocycles. The average molecular weight is 296 g/mol. The van der Waals surface area contributed by atoms with Crippen molar-refractivity contribution < 1.29 is 18.3 Å². The molecule has 0 aliphatic heterocycles. The Hall–Kier alpha value is -1.55. The molecule has 1 unspecified atom stereocenters. The number of alkyl halides is 3. The van der Waals surface area contributed by atoms with Gasteiger partial charge in [-0.15, -0.1) is 0 Å². The number of fused-ring (bicyclic) bond motifs is 1. The normalized spacial score (nSPS) is 15.1. The van der Waals surface area contributed by atoms with E-state index in [4.69, 9.17) is 0 Å². The van der Waals surface area contributed by atoms with E-state index in [2.05, 4.69) is 6.92 Å². The molecule has 0 fully saturated rings. The van der Waals surface area contributed by atoms with Crippen LogP contribution in [0.25, 0.3) is 10.8 Å². The van der Waals surface area contributed by atoms with E-state index in [-0.39, 0.29) is 5.56 Å². The molecule has 2 rings (SSSR count). The lowest BCUT2D eigenvalue weighted by Crippen LogP contribution is -2.39. The van der Waals surface area contributed by atoms with Gasteiger partial charge in [-0.3, -0.25) is 0 Å². The lowest BCUT2D eigenvalue weighted by atomic mass is 9.87. The van der Waals surface area contributed by atoms with Gasteiger partial charge in [-0.05, 0) is 36.1 Å². The highest BCUT2D eigenvalue weighted by Gasteiger charge is 2.51. The fraction of sp³-hybridized carbons (Fsp3) is 0.412. The van der Waals surface area contributed by atoms with E-state index < -0.39 is 11.8 Å². The van der Waals surface area contributed by atoms with Crippen LogP contribution in [0.15, 0.2) is 36.4 Å². The van der Waals surface area contributed by atoms with Crippen molar-refractivity contribution in [2.24, 2.45) is 0 Å². The van der Waals surface area contributed by atoms with Crippen molar-refractivity contribution in [2.75, 3.05) is 0 Å². The largest absolute Gasteiger partial charge is 0.421 e. The highest BCUT2D eigenvalue weighted by atomic mass is 19.4. The molecule has 0 heterocycles. The number of benzene rings is 2. The standard InChI is InChI=1S/C17H19F3O/c1-3-4-7-12-10-11-15(16(2,21)17(18,19)20)14-9-6-5-8-13(12)14/h5-6,8-11,21H,3-4,7H2,1-2H3. The third-order valence-electron chi connectivity index (χ3n) is 3.89. The van der Waals surface area contributed by atoms with Crippen LogP contribution < -0.4 is 0 Å². The van der Waals surface area contributed by atoms with Gasteiger partial charge in [0, 0.05) is 5.56 Å². The molecular formula is C17H19F3O. The Bertz CT molecular complexity index is 629. The molecule has 2 aromatic carbocycles. The summed E-state index contributed by atoms with van der Waals surface area (Å²) in [6.07, 6.45) is -1.87. The van der Waals surface area contributed by atoms with Gasteiger partial charge in [-0.1, -0.05) is 49.7 Å². The van der Waals surface area contributed by atoms with Gasteiger partial charge in [-0.2, -0.15) is 13.2 Å². The van der Waals surface area contributed by atoms with E-state index in [9.17, 15) is 18.3 Å². The summed E-state index contributed by atoms with van der Waals surface area (Å²) >= 11 is 0. The Balaban J connectivity index is 2.63. The molecule has 21 heavy (non-hydrogen) atoms. The van der Waals surface area contributed by atoms with Crippen molar-refractivity contribution >= 4 is 10.8 Å². The lowest BCUT2D eigenvalue weighted by molar-refractivity contribution is -0.258. The molecule has 114 valence electrons. The molecular weight excluding hydrogens is 277 g/mol. The first kappa shape index (κ1) is 15.8. The quantitative estimate of drug-likeness (QED) is 0.846. The molecule has 0 aromatic heterocycles. The number of hydrogen-bond donors (Lipinski definition) is 1. The fourth-order valence-corrected chi connectivity index (χ4v) is 2.52. The van der Waals surface area contributed by atoms with Crippen molar-refractivity contribution in [3.8, 4) is 0 Å². The second-order valence-electron chi connectivity index (χ2n) is 5.49. The van der Waals surface area contributed by atoms with Crippen LogP contribution >= 0.6 is 0 Å². The van der Waals surface area contributed by atoms with Crippen LogP contribution in [0.1, 0.15) is 37.8 Å². The van der Waals surface area contributed by atoms with Crippen molar-refractivity contribution in [1.29, 1.82) is 0 Å². The number of aryl methyl sites for hydroxylation is 1. The summed E-state index contributed by atoms with van der Waals surface area (Å²) in [5.41, 5.74) is -1.92. The minimum absolute atomic E-state index is 0.0918. The highest BCUT2D eigenvalue weighted by Crippen LogP contribution is 2.41. The van der Waals surface area contributed by atoms with Crippen LogP contribution in [0.5, 0.6) is 0 Å². The van der Waals surface area contributed by atoms with Gasteiger partial charge >= 0.3 is 6.18 Å². The van der Waals surface area contributed by atoms with Gasteiger partial charge in [0.25, 0.3) is 0 Å². The highest BCUT2D eigenvalue weighted by molar-refractivity contribution is 5.89. The van der Waals surface area contributed by atoms with E-state index >= 15 is 0 Å². The Morgan fingerprint density at radius 3 is 2.19 bits per heavy atom. The molecule has 0 radical (unpaired) electrons. The molecule has 2 aromatic rings. The Labute approximate surface area is 122 Å². The molecule has 1 N–H and O–H groups in total. The second kappa shape index (κ2) is 5.68. The Morgan fingerprint density at radius 2 is 1.62 bits per heavy atom. The van der Waals surface area contributed by atoms with Crippen LogP contribution in [0.4, 0.5) is 13.2 Å². The summed E-state index contributed by atoms with van der Waals surface area (Å²) in [4.78, 5) is 0. The zero-order valence-electron chi connectivity index (χ0n) is 12.2. The van der Waals surface area contributed by atoms with Gasteiger partial charge in [-0.25, -0.2) is 0 Å². The average Bonchev–Trinajstić information content (AvgIpc) is 2.43. The van der Waals surface area contributed by atoms with Crippen LogP contribution in [-0.2, 0) is 12.0 Å². The van der Waals surface area contributed by atoms with Crippen LogP contribution in [0, 0.1) is 0 Å². The van der Waals surface area contributed by atoms with Crippen molar-refractivity contribution in [3.05, 3.63) is 47.5 Å². The van der Waals surface area contributed by atoms with Crippen LogP contribution in [0.2, 0.25) is 0 Å². The lowest BCUT2D eigenvalue weighted by Gasteiger charge is -2.28. The monoisotopic (exact) mass is 296 g/mol. The van der Waals surface area contributed by atoms with Crippen LogP contribution in [-0.4, -0.2) is 11.3 Å². The molecule has 0 spiro atoms. The number of rotatable bonds is 4. The smallest absolute Gasteiger partial charge is 0.376 e. The SMILES string of the molecule is CCCCc1ccc(C(C)(O)C(F)(F)F)c2ccccc12. The zero-order chi connectivity index (χ0) is 15.7. The van der Waals surface area contributed by atoms with Gasteiger partial charge < -0.3 is 5.11 Å². The minimum atomic E-state index is -4.71. The second-order valence-corrected chi connectivity index (χ2v) is 5.49. The van der Waals surface area contributed by atoms with Gasteiger partial charge in [0.2, 0.25) is 0 Å². The Kier molecular flexibility index (Phi) is 4.28. The van der Waals surface area contributed by atoms with E-state index in [0.717, 1.165) is 37.1 Å². The first-order chi connectivity index (χ1) is 9.79. The van der Waals surface area contributed by atoms with Crippen molar-refractivity contribution in [3.63, 3.8) is 0 Å². The third-order valence-corrected chi connectivity index (χ3v) is 3.89. The third kappa shape index (κ3) is 2.91. The first-order valence-electron chi connectivity index (χ1n) is 7.09. The van der Waals surface area contributed by atoms with Gasteiger partial charge in [0.05, 0.1) is 0 Å². The molecule has 0 aliphatic carbocycles. The van der Waals surface area contributed by atoms with E-state index in [1.165, 1.54) is 6.07 Å². The predicted molar refractivity (Wildman–Crippen MR) is 78.2 cm³/mol. The van der Waals surface area contributed by atoms with E-state index in [1.807, 2.05) is 12.1 Å². The zero-order valence-corrected chi connectivity index (χ0v) is 12.2. The molecule has 1 nitrogen and oxygen atoms in total. The summed E-state index contributed by atoms with van der Waals surface area (Å²) in [5, 5.41) is 11.2. The molecule has 1 atom stereocenters. The fourth-order valence-electron chi connectivity index (χ4n) is 2.52. The van der Waals surface area contributed by atoms with Gasteiger partial charge in [0.15, 0.2) is 5.60 Å². The maximum Gasteiger partial charge on any atom is 0.421 e. The van der Waals surface area contributed by atoms with E-state index in [0.29, 0.717) is 5.39 Å². The van der Waals surface area contributed by atoms with E-state index in [1.54, 1.807) is 18.2 Å².